The number of hydrogen-bond donors (Lipinski definition) is 1. The summed E-state index contributed by atoms with van der Waals surface area (Å²) in [5.74, 6) is 1.90. The standard InChI is InChI=1S/C15H21NO4S/c17-21(18)8-1-3-13(21)11-16-10-12-4-5-14-15(9-12)20-7-2-6-19-14/h4-5,9,13,16H,1-3,6-8,10-11H2. The number of fused-ring (bicyclic) bond motifs is 1. The van der Waals surface area contributed by atoms with Gasteiger partial charge in [0.15, 0.2) is 21.3 Å². The summed E-state index contributed by atoms with van der Waals surface area (Å²) >= 11 is 0. The number of ether oxygens (including phenoxy) is 2. The molecule has 1 N–H and O–H groups in total. The van der Waals surface area contributed by atoms with E-state index >= 15 is 0 Å². The van der Waals surface area contributed by atoms with E-state index in [9.17, 15) is 8.42 Å². The minimum absolute atomic E-state index is 0.224. The molecule has 0 saturated carbocycles. The Kier molecular flexibility index (Phi) is 4.35. The van der Waals surface area contributed by atoms with E-state index in [4.69, 9.17) is 9.47 Å². The zero-order valence-electron chi connectivity index (χ0n) is 12.0. The lowest BCUT2D eigenvalue weighted by molar-refractivity contribution is 0.297. The summed E-state index contributed by atoms with van der Waals surface area (Å²) in [5.41, 5.74) is 1.08. The van der Waals surface area contributed by atoms with Gasteiger partial charge in [0, 0.05) is 19.5 Å². The normalized spacial score (nSPS) is 23.7. The van der Waals surface area contributed by atoms with Crippen LogP contribution >= 0.6 is 0 Å². The molecule has 6 heteroatoms. The third-order valence-electron chi connectivity index (χ3n) is 3.98. The highest BCUT2D eigenvalue weighted by molar-refractivity contribution is 7.92. The largest absolute Gasteiger partial charge is 0.490 e. The molecule has 0 aromatic heterocycles. The van der Waals surface area contributed by atoms with E-state index < -0.39 is 9.84 Å². The average molecular weight is 311 g/mol. The zero-order chi connectivity index (χ0) is 14.7. The minimum atomic E-state index is -2.87. The maximum Gasteiger partial charge on any atom is 0.161 e. The lowest BCUT2D eigenvalue weighted by Gasteiger charge is -2.12. The number of rotatable bonds is 4. The molecule has 0 radical (unpaired) electrons. The van der Waals surface area contributed by atoms with Gasteiger partial charge in [-0.2, -0.15) is 0 Å². The number of hydrogen-bond acceptors (Lipinski definition) is 5. The fraction of sp³-hybridized carbons (Fsp3) is 0.600. The van der Waals surface area contributed by atoms with Crippen LogP contribution in [0, 0.1) is 0 Å². The number of sulfone groups is 1. The molecule has 1 aromatic rings. The number of nitrogens with one attached hydrogen (secondary N) is 1. The van der Waals surface area contributed by atoms with Crippen LogP contribution in [0.1, 0.15) is 24.8 Å². The average Bonchev–Trinajstić information content (AvgIpc) is 2.67. The lowest BCUT2D eigenvalue weighted by Crippen LogP contribution is -2.30. The van der Waals surface area contributed by atoms with Crippen molar-refractivity contribution in [2.45, 2.75) is 31.1 Å². The van der Waals surface area contributed by atoms with Crippen LogP contribution in [0.3, 0.4) is 0 Å². The van der Waals surface area contributed by atoms with Crippen LogP contribution in [-0.2, 0) is 16.4 Å². The van der Waals surface area contributed by atoms with E-state index in [1.165, 1.54) is 0 Å². The van der Waals surface area contributed by atoms with Crippen molar-refractivity contribution in [1.29, 1.82) is 0 Å². The summed E-state index contributed by atoms with van der Waals surface area (Å²) in [7, 11) is -2.87. The molecule has 2 aliphatic rings. The Bertz CT molecular complexity index is 600. The van der Waals surface area contributed by atoms with Crippen molar-refractivity contribution in [2.75, 3.05) is 25.5 Å². The first-order valence-electron chi connectivity index (χ1n) is 7.46. The Hall–Kier alpha value is -1.27. The third-order valence-corrected chi connectivity index (χ3v) is 6.25. The Morgan fingerprint density at radius 3 is 2.71 bits per heavy atom. The van der Waals surface area contributed by atoms with Crippen LogP contribution in [0.25, 0.3) is 0 Å². The van der Waals surface area contributed by atoms with Gasteiger partial charge < -0.3 is 14.8 Å². The fourth-order valence-electron chi connectivity index (χ4n) is 2.78. The molecule has 2 heterocycles. The summed E-state index contributed by atoms with van der Waals surface area (Å²) in [5, 5.41) is 3.02. The van der Waals surface area contributed by atoms with E-state index in [0.717, 1.165) is 36.3 Å². The van der Waals surface area contributed by atoms with E-state index in [1.807, 2.05) is 18.2 Å². The van der Waals surface area contributed by atoms with E-state index in [1.54, 1.807) is 0 Å². The molecule has 0 aliphatic carbocycles. The first-order chi connectivity index (χ1) is 10.1. The maximum atomic E-state index is 11.8. The van der Waals surface area contributed by atoms with Gasteiger partial charge in [0.05, 0.1) is 24.2 Å². The second-order valence-electron chi connectivity index (χ2n) is 5.59. The Labute approximate surface area is 125 Å². The second kappa shape index (κ2) is 6.23. The van der Waals surface area contributed by atoms with Gasteiger partial charge in [-0.3, -0.25) is 0 Å². The molecule has 21 heavy (non-hydrogen) atoms. The summed E-state index contributed by atoms with van der Waals surface area (Å²) < 4.78 is 34.8. The molecule has 0 spiro atoms. The van der Waals surface area contributed by atoms with Crippen molar-refractivity contribution in [3.63, 3.8) is 0 Å². The SMILES string of the molecule is O=S1(=O)CCCC1CNCc1ccc2c(c1)OCCCO2. The summed E-state index contributed by atoms with van der Waals surface area (Å²) in [6, 6.07) is 5.88. The Morgan fingerprint density at radius 2 is 1.95 bits per heavy atom. The zero-order valence-corrected chi connectivity index (χ0v) is 12.8. The molecule has 0 bridgehead atoms. The quantitative estimate of drug-likeness (QED) is 0.913. The lowest BCUT2D eigenvalue weighted by atomic mass is 10.2. The van der Waals surface area contributed by atoms with Crippen LogP contribution in [0.5, 0.6) is 11.5 Å². The van der Waals surface area contributed by atoms with Crippen molar-refractivity contribution >= 4 is 9.84 Å². The molecule has 1 saturated heterocycles. The molecule has 0 amide bonds. The Morgan fingerprint density at radius 1 is 1.14 bits per heavy atom. The van der Waals surface area contributed by atoms with E-state index in [2.05, 4.69) is 5.32 Å². The van der Waals surface area contributed by atoms with Crippen molar-refractivity contribution in [2.24, 2.45) is 0 Å². The number of benzene rings is 1. The Balaban J connectivity index is 1.57. The van der Waals surface area contributed by atoms with Crippen LogP contribution in [0.15, 0.2) is 18.2 Å². The van der Waals surface area contributed by atoms with Crippen molar-refractivity contribution in [3.05, 3.63) is 23.8 Å². The van der Waals surface area contributed by atoms with Gasteiger partial charge in [0.2, 0.25) is 0 Å². The molecule has 3 rings (SSSR count). The van der Waals surface area contributed by atoms with Crippen molar-refractivity contribution in [3.8, 4) is 11.5 Å². The smallest absolute Gasteiger partial charge is 0.161 e. The molecule has 1 aromatic carbocycles. The van der Waals surface area contributed by atoms with Crippen LogP contribution < -0.4 is 14.8 Å². The topological polar surface area (TPSA) is 64.6 Å². The monoisotopic (exact) mass is 311 g/mol. The molecule has 1 atom stereocenters. The molecule has 5 nitrogen and oxygen atoms in total. The molecular formula is C15H21NO4S. The van der Waals surface area contributed by atoms with Gasteiger partial charge in [0.1, 0.15) is 0 Å². The summed E-state index contributed by atoms with van der Waals surface area (Å²) in [6.45, 7) is 2.52. The minimum Gasteiger partial charge on any atom is -0.490 e. The van der Waals surface area contributed by atoms with Crippen LogP contribution in [0.4, 0.5) is 0 Å². The molecular weight excluding hydrogens is 290 g/mol. The van der Waals surface area contributed by atoms with Gasteiger partial charge in [0.25, 0.3) is 0 Å². The molecule has 1 unspecified atom stereocenters. The fourth-order valence-corrected chi connectivity index (χ4v) is 4.58. The summed E-state index contributed by atoms with van der Waals surface area (Å²) in [6.07, 6.45) is 2.46. The van der Waals surface area contributed by atoms with Gasteiger partial charge >= 0.3 is 0 Å². The van der Waals surface area contributed by atoms with Crippen LogP contribution in [0.2, 0.25) is 0 Å². The first kappa shape index (κ1) is 14.7. The van der Waals surface area contributed by atoms with E-state index in [0.29, 0.717) is 32.1 Å². The van der Waals surface area contributed by atoms with Crippen molar-refractivity contribution in [1.82, 2.24) is 5.32 Å². The second-order valence-corrected chi connectivity index (χ2v) is 7.99. The predicted octanol–water partition coefficient (Wildman–Crippen LogP) is 1.51. The maximum absolute atomic E-state index is 11.8. The molecule has 2 aliphatic heterocycles. The highest BCUT2D eigenvalue weighted by atomic mass is 32.2. The van der Waals surface area contributed by atoms with Gasteiger partial charge in [-0.1, -0.05) is 6.07 Å². The van der Waals surface area contributed by atoms with Gasteiger partial charge in [-0.15, -0.1) is 0 Å². The van der Waals surface area contributed by atoms with Crippen LogP contribution in [-0.4, -0.2) is 39.2 Å². The first-order valence-corrected chi connectivity index (χ1v) is 9.17. The highest BCUT2D eigenvalue weighted by Crippen LogP contribution is 2.30. The third kappa shape index (κ3) is 3.49. The van der Waals surface area contributed by atoms with Crippen molar-refractivity contribution < 1.29 is 17.9 Å². The predicted molar refractivity (Wildman–Crippen MR) is 80.6 cm³/mol. The highest BCUT2D eigenvalue weighted by Gasteiger charge is 2.30. The van der Waals surface area contributed by atoms with E-state index in [-0.39, 0.29) is 5.25 Å². The molecule has 116 valence electrons. The summed E-state index contributed by atoms with van der Waals surface area (Å²) in [4.78, 5) is 0. The van der Waals surface area contributed by atoms with Gasteiger partial charge in [-0.25, -0.2) is 8.42 Å². The molecule has 1 fully saturated rings. The van der Waals surface area contributed by atoms with Gasteiger partial charge in [-0.05, 0) is 30.5 Å².